The predicted octanol–water partition coefficient (Wildman–Crippen LogP) is 5.97. The lowest BCUT2D eigenvalue weighted by atomic mass is 10.0. The van der Waals surface area contributed by atoms with Crippen LogP contribution in [0.25, 0.3) is 0 Å². The molecule has 0 saturated heterocycles. The van der Waals surface area contributed by atoms with Crippen molar-refractivity contribution in [1.82, 2.24) is 0 Å². The molecule has 5 heteroatoms. The summed E-state index contributed by atoms with van der Waals surface area (Å²) in [4.78, 5) is 24.9. The SMILES string of the molecule is CC(C)c1ccc(C(=O)Nc2cccc(C(=O)Nc3cccc(Cl)c3)c2)cc1. The van der Waals surface area contributed by atoms with E-state index in [9.17, 15) is 9.59 Å². The van der Waals surface area contributed by atoms with Gasteiger partial charge in [-0.3, -0.25) is 9.59 Å². The summed E-state index contributed by atoms with van der Waals surface area (Å²) in [6.07, 6.45) is 0. The molecule has 0 aliphatic rings. The maximum Gasteiger partial charge on any atom is 0.255 e. The lowest BCUT2D eigenvalue weighted by Gasteiger charge is -2.10. The van der Waals surface area contributed by atoms with Crippen LogP contribution in [0.1, 0.15) is 46.0 Å². The van der Waals surface area contributed by atoms with Crippen molar-refractivity contribution in [3.8, 4) is 0 Å². The molecule has 0 atom stereocenters. The molecule has 0 fully saturated rings. The van der Waals surface area contributed by atoms with E-state index < -0.39 is 0 Å². The number of hydrogen-bond acceptors (Lipinski definition) is 2. The van der Waals surface area contributed by atoms with E-state index >= 15 is 0 Å². The number of hydrogen-bond donors (Lipinski definition) is 2. The predicted molar refractivity (Wildman–Crippen MR) is 114 cm³/mol. The Morgan fingerprint density at radius 2 is 1.32 bits per heavy atom. The third-order valence-corrected chi connectivity index (χ3v) is 4.54. The molecule has 0 heterocycles. The lowest BCUT2D eigenvalue weighted by Crippen LogP contribution is -2.14. The lowest BCUT2D eigenvalue weighted by molar-refractivity contribution is 0.101. The monoisotopic (exact) mass is 392 g/mol. The normalized spacial score (nSPS) is 10.6. The highest BCUT2D eigenvalue weighted by Gasteiger charge is 2.10. The Kier molecular flexibility index (Phi) is 6.12. The van der Waals surface area contributed by atoms with Gasteiger partial charge in [0, 0.05) is 27.5 Å². The van der Waals surface area contributed by atoms with E-state index in [0.717, 1.165) is 0 Å². The Morgan fingerprint density at radius 1 is 0.750 bits per heavy atom. The molecule has 0 unspecified atom stereocenters. The summed E-state index contributed by atoms with van der Waals surface area (Å²) in [5, 5.41) is 6.17. The first-order valence-corrected chi connectivity index (χ1v) is 9.38. The maximum atomic E-state index is 12.5. The highest BCUT2D eigenvalue weighted by molar-refractivity contribution is 6.31. The third-order valence-electron chi connectivity index (χ3n) is 4.30. The van der Waals surface area contributed by atoms with Gasteiger partial charge in [-0.05, 0) is 60.0 Å². The Balaban J connectivity index is 1.70. The minimum Gasteiger partial charge on any atom is -0.322 e. The minimum absolute atomic E-state index is 0.220. The molecule has 0 bridgehead atoms. The standard InChI is InChI=1S/C23H21ClN2O2/c1-15(2)16-9-11-17(12-10-16)22(27)25-20-7-3-5-18(13-20)23(28)26-21-8-4-6-19(24)14-21/h3-15H,1-2H3,(H,25,27)(H,26,28). The number of nitrogens with one attached hydrogen (secondary N) is 2. The van der Waals surface area contributed by atoms with Crippen molar-refractivity contribution < 1.29 is 9.59 Å². The first-order chi connectivity index (χ1) is 13.4. The molecule has 0 aromatic heterocycles. The van der Waals surface area contributed by atoms with E-state index in [4.69, 9.17) is 11.6 Å². The van der Waals surface area contributed by atoms with Gasteiger partial charge in [0.05, 0.1) is 0 Å². The van der Waals surface area contributed by atoms with E-state index in [1.165, 1.54) is 5.56 Å². The minimum atomic E-state index is -0.278. The Morgan fingerprint density at radius 3 is 1.93 bits per heavy atom. The van der Waals surface area contributed by atoms with Crippen LogP contribution in [0.3, 0.4) is 0 Å². The molecule has 4 nitrogen and oxygen atoms in total. The third kappa shape index (κ3) is 4.99. The fraction of sp³-hybridized carbons (Fsp3) is 0.130. The van der Waals surface area contributed by atoms with Crippen LogP contribution in [0.4, 0.5) is 11.4 Å². The molecule has 0 aliphatic carbocycles. The fourth-order valence-electron chi connectivity index (χ4n) is 2.73. The summed E-state index contributed by atoms with van der Waals surface area (Å²) >= 11 is 5.94. The quantitative estimate of drug-likeness (QED) is 0.562. The van der Waals surface area contributed by atoms with E-state index in [1.54, 1.807) is 60.7 Å². The molecule has 142 valence electrons. The van der Waals surface area contributed by atoms with Gasteiger partial charge in [0.15, 0.2) is 0 Å². The Bertz CT molecular complexity index is 997. The van der Waals surface area contributed by atoms with Crippen molar-refractivity contribution in [2.24, 2.45) is 0 Å². The van der Waals surface area contributed by atoms with Crippen LogP contribution in [-0.4, -0.2) is 11.8 Å². The smallest absolute Gasteiger partial charge is 0.255 e. The van der Waals surface area contributed by atoms with Crippen molar-refractivity contribution in [1.29, 1.82) is 0 Å². The molecular formula is C23H21ClN2O2. The van der Waals surface area contributed by atoms with Crippen LogP contribution in [0, 0.1) is 0 Å². The molecule has 0 saturated carbocycles. The maximum absolute atomic E-state index is 12.5. The molecule has 0 radical (unpaired) electrons. The number of benzene rings is 3. The van der Waals surface area contributed by atoms with Crippen molar-refractivity contribution >= 4 is 34.8 Å². The van der Waals surface area contributed by atoms with Crippen LogP contribution in [0.2, 0.25) is 5.02 Å². The van der Waals surface area contributed by atoms with Gasteiger partial charge in [0.25, 0.3) is 11.8 Å². The number of rotatable bonds is 5. The average molecular weight is 393 g/mol. The number of amides is 2. The van der Waals surface area contributed by atoms with Gasteiger partial charge in [0.2, 0.25) is 0 Å². The van der Waals surface area contributed by atoms with Crippen LogP contribution < -0.4 is 10.6 Å². The molecule has 0 spiro atoms. The first-order valence-electron chi connectivity index (χ1n) is 9.00. The topological polar surface area (TPSA) is 58.2 Å². The van der Waals surface area contributed by atoms with E-state index in [0.29, 0.717) is 33.4 Å². The second kappa shape index (κ2) is 8.72. The molecular weight excluding hydrogens is 372 g/mol. The van der Waals surface area contributed by atoms with Gasteiger partial charge in [0.1, 0.15) is 0 Å². The van der Waals surface area contributed by atoms with E-state index in [2.05, 4.69) is 24.5 Å². The van der Waals surface area contributed by atoms with Gasteiger partial charge in [-0.25, -0.2) is 0 Å². The fourth-order valence-corrected chi connectivity index (χ4v) is 2.92. The van der Waals surface area contributed by atoms with Crippen molar-refractivity contribution in [3.63, 3.8) is 0 Å². The van der Waals surface area contributed by atoms with E-state index in [1.807, 2.05) is 12.1 Å². The molecule has 0 aliphatic heterocycles. The summed E-state index contributed by atoms with van der Waals surface area (Å²) in [6.45, 7) is 4.21. The number of carbonyl (C=O) groups is 2. The van der Waals surface area contributed by atoms with Gasteiger partial charge in [-0.1, -0.05) is 49.7 Å². The molecule has 2 N–H and O–H groups in total. The second-order valence-electron chi connectivity index (χ2n) is 6.78. The summed E-state index contributed by atoms with van der Waals surface area (Å²) in [5.41, 5.74) is 3.34. The molecule has 28 heavy (non-hydrogen) atoms. The Labute approximate surface area is 169 Å². The number of carbonyl (C=O) groups excluding carboxylic acids is 2. The first kappa shape index (κ1) is 19.6. The zero-order valence-corrected chi connectivity index (χ0v) is 16.5. The van der Waals surface area contributed by atoms with E-state index in [-0.39, 0.29) is 11.8 Å². The van der Waals surface area contributed by atoms with Crippen LogP contribution in [0.15, 0.2) is 72.8 Å². The number of halogens is 1. The zero-order valence-electron chi connectivity index (χ0n) is 15.7. The highest BCUT2D eigenvalue weighted by atomic mass is 35.5. The molecule has 3 rings (SSSR count). The van der Waals surface area contributed by atoms with Crippen molar-refractivity contribution in [2.45, 2.75) is 19.8 Å². The second-order valence-corrected chi connectivity index (χ2v) is 7.21. The summed E-state index contributed by atoms with van der Waals surface area (Å²) in [7, 11) is 0. The average Bonchev–Trinajstić information content (AvgIpc) is 2.68. The van der Waals surface area contributed by atoms with Gasteiger partial charge in [-0.15, -0.1) is 0 Å². The largest absolute Gasteiger partial charge is 0.322 e. The van der Waals surface area contributed by atoms with Gasteiger partial charge in [-0.2, -0.15) is 0 Å². The summed E-state index contributed by atoms with van der Waals surface area (Å²) in [6, 6.07) is 21.3. The van der Waals surface area contributed by atoms with Gasteiger partial charge < -0.3 is 10.6 Å². The summed E-state index contributed by atoms with van der Waals surface area (Å²) in [5.74, 6) is -0.0887. The van der Waals surface area contributed by atoms with Crippen LogP contribution >= 0.6 is 11.6 Å². The van der Waals surface area contributed by atoms with Crippen molar-refractivity contribution in [2.75, 3.05) is 10.6 Å². The van der Waals surface area contributed by atoms with Crippen molar-refractivity contribution in [3.05, 3.63) is 94.5 Å². The zero-order chi connectivity index (χ0) is 20.1. The van der Waals surface area contributed by atoms with Gasteiger partial charge >= 0.3 is 0 Å². The Hall–Kier alpha value is -3.11. The van der Waals surface area contributed by atoms with Crippen LogP contribution in [-0.2, 0) is 0 Å². The highest BCUT2D eigenvalue weighted by Crippen LogP contribution is 2.19. The molecule has 3 aromatic carbocycles. The summed E-state index contributed by atoms with van der Waals surface area (Å²) < 4.78 is 0. The molecule has 3 aromatic rings. The number of anilines is 2. The van der Waals surface area contributed by atoms with Crippen LogP contribution in [0.5, 0.6) is 0 Å². The molecule has 2 amide bonds.